The largest absolute Gasteiger partial charge is 0.378 e. The summed E-state index contributed by atoms with van der Waals surface area (Å²) in [6.07, 6.45) is 2.16. The minimum Gasteiger partial charge on any atom is -0.378 e. The first kappa shape index (κ1) is 18.3. The number of amides is 2. The van der Waals surface area contributed by atoms with E-state index < -0.39 is 5.41 Å². The average Bonchev–Trinajstić information content (AvgIpc) is 2.54. The summed E-state index contributed by atoms with van der Waals surface area (Å²) in [6, 6.07) is 7.60. The molecule has 1 saturated heterocycles. The lowest BCUT2D eigenvalue weighted by molar-refractivity contribution is -0.147. The summed E-state index contributed by atoms with van der Waals surface area (Å²) in [7, 11) is 3.93. The third-order valence-corrected chi connectivity index (χ3v) is 4.69. The van der Waals surface area contributed by atoms with Crippen molar-refractivity contribution in [2.75, 3.05) is 37.4 Å². The van der Waals surface area contributed by atoms with Crippen molar-refractivity contribution in [2.24, 2.45) is 11.3 Å². The Kier molecular flexibility index (Phi) is 5.52. The molecule has 2 rings (SSSR count). The number of nitrogens with zero attached hydrogens (tertiary/aromatic N) is 2. The van der Waals surface area contributed by atoms with Crippen LogP contribution in [0.5, 0.6) is 0 Å². The quantitative estimate of drug-likeness (QED) is 0.863. The number of likely N-dealkylation sites (tertiary alicyclic amines) is 1. The van der Waals surface area contributed by atoms with Gasteiger partial charge in [-0.1, -0.05) is 6.92 Å². The van der Waals surface area contributed by atoms with E-state index in [1.165, 1.54) is 0 Å². The number of hydrogen-bond donors (Lipinski definition) is 1. The van der Waals surface area contributed by atoms with Gasteiger partial charge in [-0.05, 0) is 56.9 Å². The Hall–Kier alpha value is -2.04. The van der Waals surface area contributed by atoms with E-state index in [1.807, 2.05) is 48.2 Å². The smallest absolute Gasteiger partial charge is 0.239 e. The van der Waals surface area contributed by atoms with Crippen LogP contribution >= 0.6 is 0 Å². The number of benzene rings is 1. The summed E-state index contributed by atoms with van der Waals surface area (Å²) < 4.78 is 0. The summed E-state index contributed by atoms with van der Waals surface area (Å²) in [4.78, 5) is 29.3. The summed E-state index contributed by atoms with van der Waals surface area (Å²) in [5, 5.41) is 2.87. The van der Waals surface area contributed by atoms with Gasteiger partial charge in [0.1, 0.15) is 5.41 Å². The van der Waals surface area contributed by atoms with Crippen molar-refractivity contribution in [1.82, 2.24) is 4.90 Å². The molecule has 1 aliphatic rings. The van der Waals surface area contributed by atoms with Gasteiger partial charge < -0.3 is 15.1 Å². The fourth-order valence-corrected chi connectivity index (χ4v) is 3.00. The van der Waals surface area contributed by atoms with E-state index >= 15 is 0 Å². The molecule has 1 aliphatic heterocycles. The van der Waals surface area contributed by atoms with E-state index in [0.29, 0.717) is 11.6 Å². The second kappa shape index (κ2) is 7.24. The van der Waals surface area contributed by atoms with Crippen LogP contribution in [0.25, 0.3) is 0 Å². The van der Waals surface area contributed by atoms with E-state index in [-0.39, 0.29) is 11.8 Å². The van der Waals surface area contributed by atoms with E-state index in [1.54, 1.807) is 13.8 Å². The molecule has 0 bridgehead atoms. The molecule has 0 aromatic heterocycles. The number of nitrogens with one attached hydrogen (secondary N) is 1. The molecule has 132 valence electrons. The highest BCUT2D eigenvalue weighted by atomic mass is 16.2. The molecule has 1 aromatic carbocycles. The number of anilines is 2. The van der Waals surface area contributed by atoms with Crippen molar-refractivity contribution in [3.8, 4) is 0 Å². The molecular weight excluding hydrogens is 302 g/mol. The molecule has 1 aromatic rings. The van der Waals surface area contributed by atoms with Gasteiger partial charge in [0, 0.05) is 38.6 Å². The lowest BCUT2D eigenvalue weighted by Crippen LogP contribution is -2.50. The number of piperidine rings is 1. The topological polar surface area (TPSA) is 52.7 Å². The van der Waals surface area contributed by atoms with Crippen molar-refractivity contribution in [1.29, 1.82) is 0 Å². The Balaban J connectivity index is 2.04. The summed E-state index contributed by atoms with van der Waals surface area (Å²) in [5.41, 5.74) is 0.696. The van der Waals surface area contributed by atoms with Crippen molar-refractivity contribution in [3.63, 3.8) is 0 Å². The standard InChI is InChI=1S/C19H29N3O2/c1-14-7-6-12-22(13-14)18(24)19(2,3)17(23)20-15-8-10-16(11-9-15)21(4)5/h8-11,14H,6-7,12-13H2,1-5H3,(H,20,23). The molecule has 5 nitrogen and oxygen atoms in total. The van der Waals surface area contributed by atoms with Gasteiger partial charge in [-0.15, -0.1) is 0 Å². The van der Waals surface area contributed by atoms with E-state index in [9.17, 15) is 9.59 Å². The maximum Gasteiger partial charge on any atom is 0.239 e. The van der Waals surface area contributed by atoms with Crippen LogP contribution in [0.1, 0.15) is 33.6 Å². The highest BCUT2D eigenvalue weighted by Gasteiger charge is 2.40. The van der Waals surface area contributed by atoms with Gasteiger partial charge in [0.2, 0.25) is 11.8 Å². The Labute approximate surface area is 145 Å². The fraction of sp³-hybridized carbons (Fsp3) is 0.579. The van der Waals surface area contributed by atoms with Crippen molar-refractivity contribution < 1.29 is 9.59 Å². The van der Waals surface area contributed by atoms with Gasteiger partial charge in [-0.3, -0.25) is 9.59 Å². The van der Waals surface area contributed by atoms with Crippen LogP contribution in [-0.2, 0) is 9.59 Å². The SMILES string of the molecule is CC1CCCN(C(=O)C(C)(C)C(=O)Nc2ccc(N(C)C)cc2)C1. The Morgan fingerprint density at radius 2 is 1.83 bits per heavy atom. The minimum absolute atomic E-state index is 0.0866. The molecule has 0 spiro atoms. The van der Waals surface area contributed by atoms with Crippen LogP contribution < -0.4 is 10.2 Å². The van der Waals surface area contributed by atoms with Crippen LogP contribution in [0.2, 0.25) is 0 Å². The zero-order valence-electron chi connectivity index (χ0n) is 15.4. The molecule has 1 N–H and O–H groups in total. The normalized spacial score (nSPS) is 18.2. The number of carbonyl (C=O) groups excluding carboxylic acids is 2. The van der Waals surface area contributed by atoms with E-state index in [4.69, 9.17) is 0 Å². The molecule has 0 saturated carbocycles. The zero-order chi connectivity index (χ0) is 17.9. The van der Waals surface area contributed by atoms with Crippen molar-refractivity contribution in [3.05, 3.63) is 24.3 Å². The highest BCUT2D eigenvalue weighted by Crippen LogP contribution is 2.26. The van der Waals surface area contributed by atoms with Crippen LogP contribution in [0.4, 0.5) is 11.4 Å². The monoisotopic (exact) mass is 331 g/mol. The fourth-order valence-electron chi connectivity index (χ4n) is 3.00. The maximum atomic E-state index is 12.8. The lowest BCUT2D eigenvalue weighted by atomic mass is 9.88. The van der Waals surface area contributed by atoms with Gasteiger partial charge in [-0.2, -0.15) is 0 Å². The summed E-state index contributed by atoms with van der Waals surface area (Å²) in [6.45, 7) is 7.06. The molecule has 0 aliphatic carbocycles. The van der Waals surface area contributed by atoms with Crippen LogP contribution in [0.15, 0.2) is 24.3 Å². The second-order valence-electron chi connectivity index (χ2n) is 7.52. The molecule has 1 atom stereocenters. The van der Waals surface area contributed by atoms with Gasteiger partial charge in [0.15, 0.2) is 0 Å². The zero-order valence-corrected chi connectivity index (χ0v) is 15.4. The highest BCUT2D eigenvalue weighted by molar-refractivity contribution is 6.09. The molecule has 24 heavy (non-hydrogen) atoms. The van der Waals surface area contributed by atoms with Crippen LogP contribution in [0, 0.1) is 11.3 Å². The van der Waals surface area contributed by atoms with Crippen molar-refractivity contribution >= 4 is 23.2 Å². The minimum atomic E-state index is -1.07. The molecule has 1 fully saturated rings. The first-order chi connectivity index (χ1) is 11.2. The Bertz CT molecular complexity index is 593. The van der Waals surface area contributed by atoms with Gasteiger partial charge in [0.05, 0.1) is 0 Å². The molecular formula is C19H29N3O2. The van der Waals surface area contributed by atoms with Gasteiger partial charge in [0.25, 0.3) is 0 Å². The van der Waals surface area contributed by atoms with Crippen molar-refractivity contribution in [2.45, 2.75) is 33.6 Å². The lowest BCUT2D eigenvalue weighted by Gasteiger charge is -2.36. The third kappa shape index (κ3) is 4.08. The van der Waals surface area contributed by atoms with Crippen LogP contribution in [0.3, 0.4) is 0 Å². The number of hydrogen-bond acceptors (Lipinski definition) is 3. The maximum absolute atomic E-state index is 12.8. The summed E-state index contributed by atoms with van der Waals surface area (Å²) >= 11 is 0. The number of carbonyl (C=O) groups is 2. The van der Waals surface area contributed by atoms with E-state index in [0.717, 1.165) is 31.6 Å². The predicted molar refractivity (Wildman–Crippen MR) is 98.2 cm³/mol. The van der Waals surface area contributed by atoms with Gasteiger partial charge in [-0.25, -0.2) is 0 Å². The van der Waals surface area contributed by atoms with Gasteiger partial charge >= 0.3 is 0 Å². The summed E-state index contributed by atoms with van der Waals surface area (Å²) in [5.74, 6) is 0.153. The Morgan fingerprint density at radius 3 is 2.38 bits per heavy atom. The third-order valence-electron chi connectivity index (χ3n) is 4.69. The first-order valence-corrected chi connectivity index (χ1v) is 8.60. The molecule has 1 unspecified atom stereocenters. The first-order valence-electron chi connectivity index (χ1n) is 8.60. The second-order valence-corrected chi connectivity index (χ2v) is 7.52. The van der Waals surface area contributed by atoms with E-state index in [2.05, 4.69) is 12.2 Å². The Morgan fingerprint density at radius 1 is 1.21 bits per heavy atom. The predicted octanol–water partition coefficient (Wildman–Crippen LogP) is 2.98. The molecule has 1 heterocycles. The number of rotatable bonds is 4. The molecule has 5 heteroatoms. The molecule has 0 radical (unpaired) electrons. The van der Waals surface area contributed by atoms with Crippen LogP contribution in [-0.4, -0.2) is 43.9 Å². The average molecular weight is 331 g/mol. The molecule has 2 amide bonds.